The standard InChI is InChI=1S/C30H36ClN3O4S/c1-6-22(3)32-30(36)24(5)33(19-25-13-11-14-26(31)18-25)29(35)20-34(28-17-10-12-21(2)23(28)4)39(37,38)27-15-8-7-9-16-27/h7-18,22,24H,6,19-20H2,1-5H3,(H,32,36)/t22-,24+/m1/s1. The number of halogens is 1. The number of hydrogen-bond acceptors (Lipinski definition) is 4. The highest BCUT2D eigenvalue weighted by molar-refractivity contribution is 7.92. The summed E-state index contributed by atoms with van der Waals surface area (Å²) in [4.78, 5) is 28.6. The van der Waals surface area contributed by atoms with Crippen LogP contribution in [0.2, 0.25) is 5.02 Å². The number of amides is 2. The van der Waals surface area contributed by atoms with Crippen LogP contribution in [0.1, 0.15) is 43.9 Å². The average molecular weight is 570 g/mol. The van der Waals surface area contributed by atoms with E-state index in [1.807, 2.05) is 39.8 Å². The summed E-state index contributed by atoms with van der Waals surface area (Å²) in [7, 11) is -4.11. The van der Waals surface area contributed by atoms with Gasteiger partial charge in [0.2, 0.25) is 11.8 Å². The van der Waals surface area contributed by atoms with Crippen molar-refractivity contribution in [2.24, 2.45) is 0 Å². The van der Waals surface area contributed by atoms with E-state index in [2.05, 4.69) is 5.32 Å². The topological polar surface area (TPSA) is 86.8 Å². The van der Waals surface area contributed by atoms with Gasteiger partial charge in [0.25, 0.3) is 10.0 Å². The number of carbonyl (C=O) groups is 2. The summed E-state index contributed by atoms with van der Waals surface area (Å²) in [6.45, 7) is 8.82. The molecule has 0 saturated heterocycles. The SMILES string of the molecule is CC[C@@H](C)NC(=O)[C@H](C)N(Cc1cccc(Cl)c1)C(=O)CN(c1cccc(C)c1C)S(=O)(=O)c1ccccc1. The lowest BCUT2D eigenvalue weighted by Crippen LogP contribution is -2.52. The third-order valence-corrected chi connectivity index (χ3v) is 8.87. The molecule has 208 valence electrons. The second-order valence-corrected chi connectivity index (χ2v) is 12.0. The molecule has 0 aliphatic carbocycles. The molecule has 9 heteroatoms. The monoisotopic (exact) mass is 569 g/mol. The maximum Gasteiger partial charge on any atom is 0.264 e. The second-order valence-electron chi connectivity index (χ2n) is 9.69. The quantitative estimate of drug-likeness (QED) is 0.331. The molecule has 7 nitrogen and oxygen atoms in total. The summed E-state index contributed by atoms with van der Waals surface area (Å²) in [5, 5.41) is 3.43. The number of aryl methyl sites for hydroxylation is 1. The molecule has 39 heavy (non-hydrogen) atoms. The van der Waals surface area contributed by atoms with Crippen LogP contribution in [-0.2, 0) is 26.2 Å². The normalized spacial score (nSPS) is 12.9. The lowest BCUT2D eigenvalue weighted by Gasteiger charge is -2.33. The number of nitrogens with one attached hydrogen (secondary N) is 1. The molecule has 0 aromatic heterocycles. The van der Waals surface area contributed by atoms with E-state index >= 15 is 0 Å². The van der Waals surface area contributed by atoms with Crippen molar-refractivity contribution in [1.82, 2.24) is 10.2 Å². The molecular weight excluding hydrogens is 534 g/mol. The minimum atomic E-state index is -4.11. The summed E-state index contributed by atoms with van der Waals surface area (Å²) in [5.41, 5.74) is 2.77. The van der Waals surface area contributed by atoms with Gasteiger partial charge in [-0.15, -0.1) is 0 Å². The number of carbonyl (C=O) groups excluding carboxylic acids is 2. The minimum absolute atomic E-state index is 0.0719. The molecule has 2 amide bonds. The van der Waals surface area contributed by atoms with Crippen LogP contribution < -0.4 is 9.62 Å². The molecule has 1 N–H and O–H groups in total. The van der Waals surface area contributed by atoms with E-state index in [9.17, 15) is 18.0 Å². The van der Waals surface area contributed by atoms with Gasteiger partial charge < -0.3 is 10.2 Å². The van der Waals surface area contributed by atoms with E-state index < -0.39 is 28.5 Å². The van der Waals surface area contributed by atoms with E-state index in [-0.39, 0.29) is 23.4 Å². The van der Waals surface area contributed by atoms with Gasteiger partial charge in [-0.05, 0) is 81.1 Å². The predicted octanol–water partition coefficient (Wildman–Crippen LogP) is 5.48. The Morgan fingerprint density at radius 3 is 2.26 bits per heavy atom. The van der Waals surface area contributed by atoms with Crippen molar-refractivity contribution in [3.05, 3.63) is 94.5 Å². The molecule has 0 saturated carbocycles. The molecule has 0 unspecified atom stereocenters. The van der Waals surface area contributed by atoms with E-state index in [0.717, 1.165) is 27.4 Å². The van der Waals surface area contributed by atoms with Gasteiger partial charge in [0.05, 0.1) is 10.6 Å². The lowest BCUT2D eigenvalue weighted by molar-refractivity contribution is -0.139. The van der Waals surface area contributed by atoms with Crippen LogP contribution >= 0.6 is 11.6 Å². The summed E-state index contributed by atoms with van der Waals surface area (Å²) >= 11 is 6.19. The Kier molecular flexibility index (Phi) is 10.2. The van der Waals surface area contributed by atoms with Crippen LogP contribution in [0, 0.1) is 13.8 Å². The maximum absolute atomic E-state index is 14.0. The molecule has 0 bridgehead atoms. The third-order valence-electron chi connectivity index (χ3n) is 6.87. The van der Waals surface area contributed by atoms with E-state index in [1.54, 1.807) is 55.5 Å². The van der Waals surface area contributed by atoms with Crippen molar-refractivity contribution < 1.29 is 18.0 Å². The number of sulfonamides is 1. The van der Waals surface area contributed by atoms with Crippen LogP contribution in [-0.4, -0.2) is 43.8 Å². The smallest absolute Gasteiger partial charge is 0.264 e. The van der Waals surface area contributed by atoms with Crippen molar-refractivity contribution in [1.29, 1.82) is 0 Å². The lowest BCUT2D eigenvalue weighted by atomic mass is 10.1. The van der Waals surface area contributed by atoms with Crippen LogP contribution in [0.4, 0.5) is 5.69 Å². The maximum atomic E-state index is 14.0. The molecule has 0 aliphatic rings. The van der Waals surface area contributed by atoms with Crippen LogP contribution in [0.3, 0.4) is 0 Å². The van der Waals surface area contributed by atoms with Crippen molar-refractivity contribution in [2.75, 3.05) is 10.8 Å². The molecule has 3 aromatic rings. The van der Waals surface area contributed by atoms with E-state index in [0.29, 0.717) is 10.7 Å². The van der Waals surface area contributed by atoms with Gasteiger partial charge >= 0.3 is 0 Å². The van der Waals surface area contributed by atoms with Gasteiger partial charge in [0.1, 0.15) is 12.6 Å². The molecule has 0 heterocycles. The largest absolute Gasteiger partial charge is 0.352 e. The molecule has 3 rings (SSSR count). The Bertz CT molecular complexity index is 1410. The zero-order chi connectivity index (χ0) is 28.7. The number of benzene rings is 3. The predicted molar refractivity (Wildman–Crippen MR) is 156 cm³/mol. The minimum Gasteiger partial charge on any atom is -0.352 e. The zero-order valence-corrected chi connectivity index (χ0v) is 24.6. The summed E-state index contributed by atoms with van der Waals surface area (Å²) in [6.07, 6.45) is 0.733. The molecule has 0 spiro atoms. The first-order valence-corrected chi connectivity index (χ1v) is 14.8. The van der Waals surface area contributed by atoms with Gasteiger partial charge in [-0.2, -0.15) is 0 Å². The highest BCUT2D eigenvalue weighted by Gasteiger charge is 2.33. The van der Waals surface area contributed by atoms with E-state index in [1.165, 1.54) is 17.0 Å². The Morgan fingerprint density at radius 1 is 0.949 bits per heavy atom. The van der Waals surface area contributed by atoms with Gasteiger partial charge in [-0.1, -0.05) is 61.0 Å². The number of nitrogens with zero attached hydrogens (tertiary/aromatic N) is 2. The number of anilines is 1. The van der Waals surface area contributed by atoms with Gasteiger partial charge in [-0.25, -0.2) is 8.42 Å². The van der Waals surface area contributed by atoms with E-state index in [4.69, 9.17) is 11.6 Å². The zero-order valence-electron chi connectivity index (χ0n) is 23.0. The first-order chi connectivity index (χ1) is 18.4. The first-order valence-electron chi connectivity index (χ1n) is 12.9. The number of hydrogen-bond donors (Lipinski definition) is 1. The Balaban J connectivity index is 2.06. The highest BCUT2D eigenvalue weighted by Crippen LogP contribution is 2.29. The van der Waals surface area contributed by atoms with Crippen molar-refractivity contribution >= 4 is 39.1 Å². The molecular formula is C30H36ClN3O4S. The second kappa shape index (κ2) is 13.1. The van der Waals surface area contributed by atoms with Crippen molar-refractivity contribution in [3.8, 4) is 0 Å². The molecule has 0 aliphatic heterocycles. The highest BCUT2D eigenvalue weighted by atomic mass is 35.5. The Morgan fingerprint density at radius 2 is 1.62 bits per heavy atom. The van der Waals surface area contributed by atoms with Gasteiger partial charge in [-0.3, -0.25) is 13.9 Å². The summed E-state index contributed by atoms with van der Waals surface area (Å²) < 4.78 is 28.9. The van der Waals surface area contributed by atoms with Crippen molar-refractivity contribution in [2.45, 2.75) is 64.6 Å². The van der Waals surface area contributed by atoms with Gasteiger partial charge in [0.15, 0.2) is 0 Å². The van der Waals surface area contributed by atoms with Gasteiger partial charge in [0, 0.05) is 17.6 Å². The third kappa shape index (κ3) is 7.40. The molecule has 0 fully saturated rings. The summed E-state index contributed by atoms with van der Waals surface area (Å²) in [5.74, 6) is -0.828. The molecule has 0 radical (unpaired) electrons. The summed E-state index contributed by atoms with van der Waals surface area (Å²) in [6, 6.07) is 19.5. The molecule has 2 atom stereocenters. The fourth-order valence-electron chi connectivity index (χ4n) is 4.12. The number of rotatable bonds is 11. The first kappa shape index (κ1) is 30.2. The fourth-order valence-corrected chi connectivity index (χ4v) is 5.82. The Labute approximate surface area is 236 Å². The average Bonchev–Trinajstić information content (AvgIpc) is 2.92. The Hall–Kier alpha value is -3.36. The fraction of sp³-hybridized carbons (Fsp3) is 0.333. The van der Waals surface area contributed by atoms with Crippen molar-refractivity contribution in [3.63, 3.8) is 0 Å². The van der Waals surface area contributed by atoms with Crippen LogP contribution in [0.5, 0.6) is 0 Å². The molecule has 3 aromatic carbocycles. The van der Waals surface area contributed by atoms with Crippen LogP contribution in [0.15, 0.2) is 77.7 Å². The van der Waals surface area contributed by atoms with Crippen LogP contribution in [0.25, 0.3) is 0 Å².